The number of thioether (sulfide) groups is 1. The van der Waals surface area contributed by atoms with Crippen molar-refractivity contribution in [1.82, 2.24) is 4.90 Å². The molecule has 19 heavy (non-hydrogen) atoms. The lowest BCUT2D eigenvalue weighted by atomic mass is 10.1. The molecule has 1 aliphatic heterocycles. The smallest absolute Gasteiger partial charge is 0.234 e. The number of hydrogen-bond acceptors (Lipinski definition) is 4. The molecular weight excluding hydrogens is 262 g/mol. The van der Waals surface area contributed by atoms with E-state index < -0.39 is 0 Å². The van der Waals surface area contributed by atoms with Crippen molar-refractivity contribution in [3.05, 3.63) is 23.8 Å². The van der Waals surface area contributed by atoms with Crippen molar-refractivity contribution in [3.8, 4) is 23.8 Å². The Hall–Kier alpha value is -1.80. The van der Waals surface area contributed by atoms with Gasteiger partial charge < -0.3 is 14.4 Å². The van der Waals surface area contributed by atoms with E-state index in [1.165, 1.54) is 0 Å². The number of amides is 1. The first kappa shape index (κ1) is 13.6. The van der Waals surface area contributed by atoms with Crippen LogP contribution in [0, 0.1) is 12.3 Å². The van der Waals surface area contributed by atoms with Crippen molar-refractivity contribution in [1.29, 1.82) is 0 Å². The highest BCUT2D eigenvalue weighted by atomic mass is 32.2. The Bertz CT molecular complexity index is 524. The molecule has 0 bridgehead atoms. The number of nitrogens with zero attached hydrogens (tertiary/aromatic N) is 1. The number of carbonyl (C=O) groups is 1. The van der Waals surface area contributed by atoms with Gasteiger partial charge in [-0.05, 0) is 18.2 Å². The second-order valence-electron chi connectivity index (χ2n) is 4.00. The molecule has 0 saturated carbocycles. The third-order valence-electron chi connectivity index (χ3n) is 2.93. The third kappa shape index (κ3) is 2.64. The molecule has 1 fully saturated rings. The van der Waals surface area contributed by atoms with Crippen LogP contribution in [0.3, 0.4) is 0 Å². The van der Waals surface area contributed by atoms with Crippen LogP contribution in [0.1, 0.15) is 10.9 Å². The van der Waals surface area contributed by atoms with Crippen LogP contribution in [0.5, 0.6) is 11.5 Å². The minimum atomic E-state index is -0.117. The summed E-state index contributed by atoms with van der Waals surface area (Å²) in [6.07, 6.45) is 5.33. The largest absolute Gasteiger partial charge is 0.497 e. The van der Waals surface area contributed by atoms with Gasteiger partial charge in [0, 0.05) is 5.56 Å². The van der Waals surface area contributed by atoms with Crippen molar-refractivity contribution in [2.75, 3.05) is 26.5 Å². The molecule has 1 aromatic carbocycles. The van der Waals surface area contributed by atoms with E-state index in [0.29, 0.717) is 12.3 Å². The first-order chi connectivity index (χ1) is 9.21. The van der Waals surface area contributed by atoms with Crippen LogP contribution < -0.4 is 9.47 Å². The van der Waals surface area contributed by atoms with E-state index in [1.807, 2.05) is 18.2 Å². The van der Waals surface area contributed by atoms with Crippen LogP contribution in [0.2, 0.25) is 0 Å². The molecule has 0 N–H and O–H groups in total. The summed E-state index contributed by atoms with van der Waals surface area (Å²) in [5, 5.41) is -0.117. The van der Waals surface area contributed by atoms with Gasteiger partial charge in [0.2, 0.25) is 5.91 Å². The lowest BCUT2D eigenvalue weighted by Gasteiger charge is -2.23. The molecular formula is C14H15NO3S. The Labute approximate surface area is 117 Å². The second kappa shape index (κ2) is 5.89. The van der Waals surface area contributed by atoms with Gasteiger partial charge >= 0.3 is 0 Å². The van der Waals surface area contributed by atoms with Gasteiger partial charge in [0.05, 0.1) is 26.5 Å². The molecule has 0 radical (unpaired) electrons. The van der Waals surface area contributed by atoms with Gasteiger partial charge in [-0.3, -0.25) is 4.79 Å². The van der Waals surface area contributed by atoms with Crippen molar-refractivity contribution >= 4 is 17.7 Å². The Kier molecular flexibility index (Phi) is 4.23. The Morgan fingerprint density at radius 1 is 1.47 bits per heavy atom. The summed E-state index contributed by atoms with van der Waals surface area (Å²) in [6.45, 7) is 0.302. The maximum Gasteiger partial charge on any atom is 0.234 e. The molecule has 1 saturated heterocycles. The van der Waals surface area contributed by atoms with Crippen molar-refractivity contribution in [2.45, 2.75) is 5.37 Å². The van der Waals surface area contributed by atoms with E-state index in [-0.39, 0.29) is 11.3 Å². The van der Waals surface area contributed by atoms with E-state index in [2.05, 4.69) is 5.92 Å². The van der Waals surface area contributed by atoms with E-state index in [4.69, 9.17) is 15.9 Å². The number of rotatable bonds is 4. The molecule has 1 heterocycles. The average molecular weight is 277 g/mol. The fourth-order valence-electron chi connectivity index (χ4n) is 2.01. The summed E-state index contributed by atoms with van der Waals surface area (Å²) < 4.78 is 10.6. The normalized spacial score (nSPS) is 18.3. The molecule has 1 amide bonds. The van der Waals surface area contributed by atoms with Crippen LogP contribution in [0.25, 0.3) is 0 Å². The molecule has 4 nitrogen and oxygen atoms in total. The zero-order valence-corrected chi connectivity index (χ0v) is 11.7. The van der Waals surface area contributed by atoms with E-state index in [9.17, 15) is 4.79 Å². The highest BCUT2D eigenvalue weighted by molar-refractivity contribution is 8.00. The minimum absolute atomic E-state index is 0.0535. The van der Waals surface area contributed by atoms with Gasteiger partial charge in [0.15, 0.2) is 0 Å². The molecule has 0 aliphatic carbocycles. The Morgan fingerprint density at radius 2 is 2.26 bits per heavy atom. The maximum absolute atomic E-state index is 11.8. The molecule has 1 atom stereocenters. The van der Waals surface area contributed by atoms with E-state index in [1.54, 1.807) is 30.9 Å². The van der Waals surface area contributed by atoms with Gasteiger partial charge in [0.1, 0.15) is 16.9 Å². The molecule has 0 aromatic heterocycles. The lowest BCUT2D eigenvalue weighted by Crippen LogP contribution is -2.28. The Balaban J connectivity index is 2.39. The van der Waals surface area contributed by atoms with Gasteiger partial charge in [-0.25, -0.2) is 0 Å². The predicted molar refractivity (Wildman–Crippen MR) is 75.3 cm³/mol. The monoisotopic (exact) mass is 277 g/mol. The quantitative estimate of drug-likeness (QED) is 0.788. The zero-order chi connectivity index (χ0) is 13.8. The van der Waals surface area contributed by atoms with Gasteiger partial charge in [-0.15, -0.1) is 18.2 Å². The Morgan fingerprint density at radius 3 is 2.89 bits per heavy atom. The number of terminal acetylenes is 1. The molecule has 1 aromatic rings. The molecule has 1 unspecified atom stereocenters. The second-order valence-corrected chi connectivity index (χ2v) is 5.07. The number of hydrogen-bond donors (Lipinski definition) is 0. The molecule has 100 valence electrons. The topological polar surface area (TPSA) is 38.8 Å². The number of methoxy groups -OCH3 is 2. The summed E-state index contributed by atoms with van der Waals surface area (Å²) in [5.74, 6) is 4.48. The van der Waals surface area contributed by atoms with Crippen LogP contribution in [0.4, 0.5) is 0 Å². The van der Waals surface area contributed by atoms with Gasteiger partial charge in [-0.2, -0.15) is 0 Å². The minimum Gasteiger partial charge on any atom is -0.497 e. The summed E-state index contributed by atoms with van der Waals surface area (Å²) in [5.41, 5.74) is 0.910. The average Bonchev–Trinajstić information content (AvgIpc) is 2.80. The standard InChI is InChI=1S/C14H15NO3S/c1-4-7-15-13(16)9-19-14(15)11-8-10(17-2)5-6-12(11)18-3/h1,5-6,8,14H,7,9H2,2-3H3. The van der Waals surface area contributed by atoms with Gasteiger partial charge in [-0.1, -0.05) is 5.92 Å². The van der Waals surface area contributed by atoms with E-state index in [0.717, 1.165) is 17.1 Å². The first-order valence-electron chi connectivity index (χ1n) is 5.77. The summed E-state index contributed by atoms with van der Waals surface area (Å²) in [6, 6.07) is 5.56. The fourth-order valence-corrected chi connectivity index (χ4v) is 3.22. The van der Waals surface area contributed by atoms with Crippen LogP contribution in [-0.2, 0) is 4.79 Å². The zero-order valence-electron chi connectivity index (χ0n) is 10.9. The van der Waals surface area contributed by atoms with Crippen LogP contribution in [-0.4, -0.2) is 37.3 Å². The summed E-state index contributed by atoms with van der Waals surface area (Å²) in [7, 11) is 3.22. The molecule has 2 rings (SSSR count). The summed E-state index contributed by atoms with van der Waals surface area (Å²) >= 11 is 1.55. The number of carbonyl (C=O) groups excluding carboxylic acids is 1. The SMILES string of the molecule is C#CCN1C(=O)CSC1c1cc(OC)ccc1OC. The van der Waals surface area contributed by atoms with Crippen molar-refractivity contribution < 1.29 is 14.3 Å². The highest BCUT2D eigenvalue weighted by Gasteiger charge is 2.34. The third-order valence-corrected chi connectivity index (χ3v) is 4.17. The van der Waals surface area contributed by atoms with Gasteiger partial charge in [0.25, 0.3) is 0 Å². The van der Waals surface area contributed by atoms with Crippen molar-refractivity contribution in [3.63, 3.8) is 0 Å². The van der Waals surface area contributed by atoms with Crippen molar-refractivity contribution in [2.24, 2.45) is 0 Å². The van der Waals surface area contributed by atoms with Crippen LogP contribution >= 0.6 is 11.8 Å². The maximum atomic E-state index is 11.8. The lowest BCUT2D eigenvalue weighted by molar-refractivity contribution is -0.127. The molecule has 0 spiro atoms. The number of benzene rings is 1. The summed E-state index contributed by atoms with van der Waals surface area (Å²) in [4.78, 5) is 13.5. The van der Waals surface area contributed by atoms with Crippen LogP contribution in [0.15, 0.2) is 18.2 Å². The molecule has 1 aliphatic rings. The predicted octanol–water partition coefficient (Wildman–Crippen LogP) is 1.91. The highest BCUT2D eigenvalue weighted by Crippen LogP contribution is 2.43. The molecule has 5 heteroatoms. The number of ether oxygens (including phenoxy) is 2. The van der Waals surface area contributed by atoms with E-state index >= 15 is 0 Å². The first-order valence-corrected chi connectivity index (χ1v) is 6.82. The fraction of sp³-hybridized carbons (Fsp3) is 0.357.